The zero-order chi connectivity index (χ0) is 13.0. The summed E-state index contributed by atoms with van der Waals surface area (Å²) in [7, 11) is 0. The Kier molecular flexibility index (Phi) is 4.49. The van der Waals surface area contributed by atoms with Gasteiger partial charge in [0.25, 0.3) is 0 Å². The summed E-state index contributed by atoms with van der Waals surface area (Å²) in [4.78, 5) is 5.32. The Morgan fingerprint density at radius 3 is 2.94 bits per heavy atom. The van der Waals surface area contributed by atoms with Crippen LogP contribution in [0, 0.1) is 12.8 Å². The third-order valence-corrected chi connectivity index (χ3v) is 3.48. The molecular weight excluding hydrogens is 244 g/mol. The molecule has 2 rings (SSSR count). The highest BCUT2D eigenvalue weighted by Crippen LogP contribution is 2.11. The highest BCUT2D eigenvalue weighted by molar-refractivity contribution is 7.09. The maximum atomic E-state index is 4.54. The predicted octanol–water partition coefficient (Wildman–Crippen LogP) is 2.44. The minimum Gasteiger partial charge on any atom is -0.312 e. The fraction of sp³-hybridized carbons (Fsp3) is 0.538. The van der Waals surface area contributed by atoms with Crippen LogP contribution in [0.5, 0.6) is 0 Å². The second-order valence-corrected chi connectivity index (χ2v) is 5.90. The zero-order valence-electron chi connectivity index (χ0n) is 11.2. The van der Waals surface area contributed by atoms with Gasteiger partial charge in [-0.3, -0.25) is 9.67 Å². The molecule has 2 aromatic rings. The lowest BCUT2D eigenvalue weighted by Gasteiger charge is -2.05. The molecule has 0 aliphatic heterocycles. The molecule has 4 nitrogen and oxygen atoms in total. The van der Waals surface area contributed by atoms with Gasteiger partial charge in [-0.1, -0.05) is 13.8 Å². The van der Waals surface area contributed by atoms with Crippen molar-refractivity contribution in [2.24, 2.45) is 5.92 Å². The van der Waals surface area contributed by atoms with Crippen molar-refractivity contribution < 1.29 is 0 Å². The number of hydrogen-bond acceptors (Lipinski definition) is 4. The Bertz CT molecular complexity index is 473. The number of aryl methyl sites for hydroxylation is 1. The van der Waals surface area contributed by atoms with Crippen molar-refractivity contribution in [2.75, 3.05) is 6.54 Å². The molecule has 0 radical (unpaired) electrons. The number of aromatic nitrogens is 3. The maximum Gasteiger partial charge on any atom is 0.0794 e. The van der Waals surface area contributed by atoms with E-state index in [0.717, 1.165) is 25.3 Å². The molecule has 0 aromatic carbocycles. The molecular formula is C13H20N4S. The van der Waals surface area contributed by atoms with Crippen molar-refractivity contribution in [3.63, 3.8) is 0 Å². The first-order valence-corrected chi connectivity index (χ1v) is 7.14. The number of thiazole rings is 1. The first-order chi connectivity index (χ1) is 8.65. The SMILES string of the molecule is Cc1nn(Cc2cncs2)cc1CNCC(C)C. The third kappa shape index (κ3) is 3.65. The molecule has 0 amide bonds. The molecule has 18 heavy (non-hydrogen) atoms. The molecule has 2 aromatic heterocycles. The van der Waals surface area contributed by atoms with Gasteiger partial charge in [-0.2, -0.15) is 5.10 Å². The minimum atomic E-state index is 0.678. The fourth-order valence-corrected chi connectivity index (χ4v) is 2.37. The van der Waals surface area contributed by atoms with E-state index in [-0.39, 0.29) is 0 Å². The Morgan fingerprint density at radius 1 is 1.44 bits per heavy atom. The summed E-state index contributed by atoms with van der Waals surface area (Å²) in [5.41, 5.74) is 4.24. The van der Waals surface area contributed by atoms with Crippen LogP contribution in [-0.2, 0) is 13.1 Å². The molecule has 0 spiro atoms. The van der Waals surface area contributed by atoms with E-state index in [1.807, 2.05) is 16.4 Å². The van der Waals surface area contributed by atoms with Crippen molar-refractivity contribution in [2.45, 2.75) is 33.9 Å². The lowest BCUT2D eigenvalue weighted by Crippen LogP contribution is -2.19. The molecule has 0 atom stereocenters. The van der Waals surface area contributed by atoms with Crippen molar-refractivity contribution in [3.05, 3.63) is 34.0 Å². The average Bonchev–Trinajstić information content (AvgIpc) is 2.90. The van der Waals surface area contributed by atoms with Gasteiger partial charge >= 0.3 is 0 Å². The quantitative estimate of drug-likeness (QED) is 0.871. The molecule has 2 heterocycles. The van der Waals surface area contributed by atoms with E-state index < -0.39 is 0 Å². The zero-order valence-corrected chi connectivity index (χ0v) is 12.0. The van der Waals surface area contributed by atoms with Crippen LogP contribution in [0.4, 0.5) is 0 Å². The highest BCUT2D eigenvalue weighted by atomic mass is 32.1. The van der Waals surface area contributed by atoms with Crippen LogP contribution in [0.2, 0.25) is 0 Å². The van der Waals surface area contributed by atoms with E-state index in [9.17, 15) is 0 Å². The summed E-state index contributed by atoms with van der Waals surface area (Å²) in [6.07, 6.45) is 4.03. The lowest BCUT2D eigenvalue weighted by molar-refractivity contribution is 0.551. The van der Waals surface area contributed by atoms with Crippen LogP contribution < -0.4 is 5.32 Å². The van der Waals surface area contributed by atoms with Crippen molar-refractivity contribution in [1.82, 2.24) is 20.1 Å². The molecule has 0 aliphatic carbocycles. The molecule has 98 valence electrons. The number of nitrogens with one attached hydrogen (secondary N) is 1. The van der Waals surface area contributed by atoms with E-state index in [0.29, 0.717) is 5.92 Å². The Balaban J connectivity index is 1.94. The van der Waals surface area contributed by atoms with E-state index in [1.165, 1.54) is 10.4 Å². The monoisotopic (exact) mass is 264 g/mol. The van der Waals surface area contributed by atoms with Crippen LogP contribution >= 0.6 is 11.3 Å². The summed E-state index contributed by atoms with van der Waals surface area (Å²) < 4.78 is 2.00. The molecule has 0 saturated carbocycles. The van der Waals surface area contributed by atoms with E-state index in [2.05, 4.69) is 42.4 Å². The molecule has 5 heteroatoms. The Labute approximate surface area is 112 Å². The molecule has 1 N–H and O–H groups in total. The van der Waals surface area contributed by atoms with Crippen LogP contribution in [0.3, 0.4) is 0 Å². The summed E-state index contributed by atoms with van der Waals surface area (Å²) in [6.45, 7) is 9.25. The van der Waals surface area contributed by atoms with E-state index in [1.54, 1.807) is 11.3 Å². The van der Waals surface area contributed by atoms with Gasteiger partial charge in [-0.15, -0.1) is 11.3 Å². The standard InChI is InChI=1S/C13H20N4S/c1-10(2)4-14-5-12-7-17(16-11(12)3)8-13-6-15-9-18-13/h6-7,9-10,14H,4-5,8H2,1-3H3. The number of rotatable bonds is 6. The van der Waals surface area contributed by atoms with E-state index in [4.69, 9.17) is 0 Å². The van der Waals surface area contributed by atoms with Gasteiger partial charge in [0.05, 0.1) is 17.7 Å². The normalized spacial score (nSPS) is 11.3. The highest BCUT2D eigenvalue weighted by Gasteiger charge is 2.06. The first-order valence-electron chi connectivity index (χ1n) is 6.26. The van der Waals surface area contributed by atoms with Crippen LogP contribution in [0.25, 0.3) is 0 Å². The summed E-state index contributed by atoms with van der Waals surface area (Å²) in [5, 5.41) is 7.99. The number of hydrogen-bond donors (Lipinski definition) is 1. The summed E-state index contributed by atoms with van der Waals surface area (Å²) >= 11 is 1.67. The summed E-state index contributed by atoms with van der Waals surface area (Å²) in [6, 6.07) is 0. The van der Waals surface area contributed by atoms with Gasteiger partial charge in [0.2, 0.25) is 0 Å². The van der Waals surface area contributed by atoms with Crippen LogP contribution in [-0.4, -0.2) is 21.3 Å². The smallest absolute Gasteiger partial charge is 0.0794 e. The predicted molar refractivity (Wildman–Crippen MR) is 74.7 cm³/mol. The third-order valence-electron chi connectivity index (χ3n) is 2.72. The molecule has 0 bridgehead atoms. The number of nitrogens with zero attached hydrogens (tertiary/aromatic N) is 3. The topological polar surface area (TPSA) is 42.7 Å². The fourth-order valence-electron chi connectivity index (χ4n) is 1.79. The van der Waals surface area contributed by atoms with Gasteiger partial charge in [0, 0.05) is 29.4 Å². The van der Waals surface area contributed by atoms with Gasteiger partial charge < -0.3 is 5.32 Å². The van der Waals surface area contributed by atoms with Gasteiger partial charge in [0.15, 0.2) is 0 Å². The van der Waals surface area contributed by atoms with Gasteiger partial charge in [-0.05, 0) is 19.4 Å². The largest absolute Gasteiger partial charge is 0.312 e. The second kappa shape index (κ2) is 6.11. The molecule has 0 aliphatic rings. The average molecular weight is 264 g/mol. The first kappa shape index (κ1) is 13.2. The van der Waals surface area contributed by atoms with Crippen molar-refractivity contribution >= 4 is 11.3 Å². The molecule has 0 unspecified atom stereocenters. The Hall–Kier alpha value is -1.20. The maximum absolute atomic E-state index is 4.54. The van der Waals surface area contributed by atoms with Crippen molar-refractivity contribution in [1.29, 1.82) is 0 Å². The van der Waals surface area contributed by atoms with Crippen LogP contribution in [0.15, 0.2) is 17.9 Å². The second-order valence-electron chi connectivity index (χ2n) is 4.93. The van der Waals surface area contributed by atoms with Crippen LogP contribution in [0.1, 0.15) is 30.0 Å². The van der Waals surface area contributed by atoms with Gasteiger partial charge in [0.1, 0.15) is 0 Å². The molecule has 0 fully saturated rings. The minimum absolute atomic E-state index is 0.678. The van der Waals surface area contributed by atoms with Crippen molar-refractivity contribution in [3.8, 4) is 0 Å². The summed E-state index contributed by atoms with van der Waals surface area (Å²) in [5.74, 6) is 0.678. The Morgan fingerprint density at radius 2 is 2.28 bits per heavy atom. The van der Waals surface area contributed by atoms with Gasteiger partial charge in [-0.25, -0.2) is 0 Å². The lowest BCUT2D eigenvalue weighted by atomic mass is 10.2. The van der Waals surface area contributed by atoms with E-state index >= 15 is 0 Å². The molecule has 0 saturated heterocycles.